The number of thiophene rings is 1. The summed E-state index contributed by atoms with van der Waals surface area (Å²) in [6.45, 7) is 19.3. The van der Waals surface area contributed by atoms with Gasteiger partial charge < -0.3 is 9.80 Å². The first kappa shape index (κ1) is 29.9. The summed E-state index contributed by atoms with van der Waals surface area (Å²) in [5, 5.41) is 2.76. The fourth-order valence-corrected chi connectivity index (χ4v) is 11.8. The molecule has 4 heterocycles. The normalized spacial score (nSPS) is 22.0. The molecule has 6 aromatic rings. The maximum Gasteiger partial charge on any atom is 0.252 e. The Kier molecular flexibility index (Phi) is 5.85. The first-order valence-electron chi connectivity index (χ1n) is 18.4. The maximum atomic E-state index is 2.85. The number of aryl methyl sites for hydroxylation is 3. The number of benzene rings is 5. The second kappa shape index (κ2) is 9.61. The summed E-state index contributed by atoms with van der Waals surface area (Å²) < 4.78 is 2.73. The van der Waals surface area contributed by atoms with Gasteiger partial charge in [-0.05, 0) is 114 Å². The lowest BCUT2D eigenvalue weighted by Crippen LogP contribution is -2.64. The highest BCUT2D eigenvalue weighted by atomic mass is 32.1. The summed E-state index contributed by atoms with van der Waals surface area (Å²) in [5.74, 6) is 0. The highest BCUT2D eigenvalue weighted by molar-refractivity contribution is 7.26. The van der Waals surface area contributed by atoms with Crippen LogP contribution in [0.2, 0.25) is 0 Å². The highest BCUT2D eigenvalue weighted by Crippen LogP contribution is 2.62. The molecule has 2 atom stereocenters. The van der Waals surface area contributed by atoms with Crippen molar-refractivity contribution in [1.29, 1.82) is 0 Å². The van der Waals surface area contributed by atoms with Crippen molar-refractivity contribution in [2.75, 3.05) is 9.80 Å². The van der Waals surface area contributed by atoms with Gasteiger partial charge in [0.25, 0.3) is 6.71 Å². The summed E-state index contributed by atoms with van der Waals surface area (Å²) in [5.41, 5.74) is 18.6. The zero-order valence-corrected chi connectivity index (χ0v) is 31.0. The van der Waals surface area contributed by atoms with E-state index < -0.39 is 0 Å². The van der Waals surface area contributed by atoms with Crippen LogP contribution in [-0.2, 0) is 10.8 Å². The summed E-state index contributed by atoms with van der Waals surface area (Å²) in [6, 6.07) is 31.2. The Morgan fingerprint density at radius 2 is 1.43 bits per heavy atom. The Hall–Kier alpha value is -4.02. The Morgan fingerprint density at radius 1 is 0.714 bits per heavy atom. The third-order valence-electron chi connectivity index (χ3n) is 13.2. The molecular weight excluding hydrogens is 611 g/mol. The van der Waals surface area contributed by atoms with Crippen molar-refractivity contribution in [3.05, 3.63) is 107 Å². The number of anilines is 5. The smallest absolute Gasteiger partial charge is 0.252 e. The first-order valence-corrected chi connectivity index (χ1v) is 19.2. The molecule has 0 bridgehead atoms. The number of fused-ring (bicyclic) bond motifs is 11. The van der Waals surface area contributed by atoms with Crippen LogP contribution in [0, 0.1) is 20.8 Å². The molecule has 0 spiro atoms. The highest BCUT2D eigenvalue weighted by Gasteiger charge is 2.61. The summed E-state index contributed by atoms with van der Waals surface area (Å²) in [6.07, 6.45) is 5.07. The van der Waals surface area contributed by atoms with E-state index in [1.54, 1.807) is 5.56 Å². The number of hydrogen-bond acceptors (Lipinski definition) is 3. The van der Waals surface area contributed by atoms with E-state index >= 15 is 0 Å². The topological polar surface area (TPSA) is 6.48 Å². The van der Waals surface area contributed by atoms with Crippen LogP contribution < -0.4 is 26.2 Å². The molecule has 4 aliphatic rings. The van der Waals surface area contributed by atoms with E-state index in [0.717, 1.165) is 0 Å². The van der Waals surface area contributed by atoms with Crippen LogP contribution in [0.25, 0.3) is 20.2 Å². The van der Waals surface area contributed by atoms with Gasteiger partial charge in [-0.25, -0.2) is 0 Å². The molecule has 0 saturated heterocycles. The fraction of sp³-hybridized carbons (Fsp3) is 0.333. The summed E-state index contributed by atoms with van der Waals surface area (Å²) >= 11 is 1.93. The third-order valence-corrected chi connectivity index (χ3v) is 14.3. The standard InChI is InChI=1S/C45H45BN2S/c1-26-22-34-39-35(23-26)48-41-31(44(7)20-11-12-21-45(44,48)8)15-13-16-32(41)46(39)33-18-19-37-38(30-14-9-10-17-36(30)49-37)42(33)47(34)40-27(2)24-29(25-28(40)3)43(4,5)6/h9-10,13-19,22-25H,11-12,20-21H2,1-8H3. The third kappa shape index (κ3) is 3.64. The molecule has 10 rings (SSSR count). The summed E-state index contributed by atoms with van der Waals surface area (Å²) in [4.78, 5) is 5.56. The molecule has 4 heteroatoms. The second-order valence-corrected chi connectivity index (χ2v) is 18.1. The van der Waals surface area contributed by atoms with Crippen LogP contribution in [0.15, 0.2) is 78.9 Å². The zero-order chi connectivity index (χ0) is 33.8. The van der Waals surface area contributed by atoms with Crippen molar-refractivity contribution in [1.82, 2.24) is 0 Å². The molecule has 2 nitrogen and oxygen atoms in total. The van der Waals surface area contributed by atoms with Crippen molar-refractivity contribution >= 4 is 83.0 Å². The van der Waals surface area contributed by atoms with Crippen molar-refractivity contribution in [2.45, 2.75) is 97.4 Å². The van der Waals surface area contributed by atoms with Gasteiger partial charge in [-0.2, -0.15) is 0 Å². The van der Waals surface area contributed by atoms with E-state index in [0.29, 0.717) is 0 Å². The minimum absolute atomic E-state index is 0.0367. The molecule has 1 saturated carbocycles. The average Bonchev–Trinajstić information content (AvgIpc) is 3.54. The molecule has 1 aliphatic carbocycles. The van der Waals surface area contributed by atoms with Gasteiger partial charge in [0.05, 0.1) is 16.9 Å². The van der Waals surface area contributed by atoms with E-state index in [-0.39, 0.29) is 23.1 Å². The van der Waals surface area contributed by atoms with Crippen LogP contribution in [0.3, 0.4) is 0 Å². The van der Waals surface area contributed by atoms with Crippen LogP contribution in [-0.4, -0.2) is 12.3 Å². The van der Waals surface area contributed by atoms with Crippen molar-refractivity contribution in [2.24, 2.45) is 0 Å². The molecule has 0 radical (unpaired) electrons. The number of rotatable bonds is 1. The van der Waals surface area contributed by atoms with Crippen LogP contribution >= 0.6 is 11.3 Å². The van der Waals surface area contributed by atoms with Gasteiger partial charge in [0.15, 0.2) is 0 Å². The van der Waals surface area contributed by atoms with E-state index in [2.05, 4.69) is 144 Å². The molecular formula is C45H45BN2S. The quantitative estimate of drug-likeness (QED) is 0.162. The Bertz CT molecular complexity index is 2410. The predicted octanol–water partition coefficient (Wildman–Crippen LogP) is 10.6. The SMILES string of the molecule is Cc1cc2c3c(c1)N1c4c(cccc4C4(C)CCCCC14C)B3c1ccc3sc4ccccc4c3c1N2c1c(C)cc(C(C)(C)C)cc1C. The zero-order valence-electron chi connectivity index (χ0n) is 30.2. The largest absolute Gasteiger partial charge is 0.335 e. The Morgan fingerprint density at radius 3 is 2.20 bits per heavy atom. The minimum atomic E-state index is 0.0367. The van der Waals surface area contributed by atoms with E-state index in [1.807, 2.05) is 11.3 Å². The monoisotopic (exact) mass is 656 g/mol. The molecule has 5 aromatic carbocycles. The van der Waals surface area contributed by atoms with Gasteiger partial charge in [0, 0.05) is 42.6 Å². The van der Waals surface area contributed by atoms with Gasteiger partial charge in [-0.1, -0.05) is 95.1 Å². The molecule has 49 heavy (non-hydrogen) atoms. The second-order valence-electron chi connectivity index (χ2n) is 17.1. The van der Waals surface area contributed by atoms with E-state index in [9.17, 15) is 0 Å². The lowest BCUT2D eigenvalue weighted by molar-refractivity contribution is 0.195. The van der Waals surface area contributed by atoms with Crippen LogP contribution in [0.1, 0.15) is 88.1 Å². The van der Waals surface area contributed by atoms with Gasteiger partial charge in [0.2, 0.25) is 0 Å². The lowest BCUT2D eigenvalue weighted by Gasteiger charge is -2.53. The molecule has 3 aliphatic heterocycles. The van der Waals surface area contributed by atoms with E-state index in [1.165, 1.54) is 113 Å². The lowest BCUT2D eigenvalue weighted by atomic mass is 9.33. The predicted molar refractivity (Wildman–Crippen MR) is 214 cm³/mol. The van der Waals surface area contributed by atoms with Crippen molar-refractivity contribution < 1.29 is 0 Å². The van der Waals surface area contributed by atoms with Crippen molar-refractivity contribution in [3.8, 4) is 0 Å². The van der Waals surface area contributed by atoms with Crippen molar-refractivity contribution in [3.63, 3.8) is 0 Å². The van der Waals surface area contributed by atoms with Gasteiger partial charge in [-0.3, -0.25) is 0 Å². The number of nitrogens with zero attached hydrogens (tertiary/aromatic N) is 2. The Balaban J connectivity index is 1.37. The molecule has 2 unspecified atom stereocenters. The molecule has 0 N–H and O–H groups in total. The number of hydrogen-bond donors (Lipinski definition) is 0. The van der Waals surface area contributed by atoms with Gasteiger partial charge in [-0.15, -0.1) is 11.3 Å². The van der Waals surface area contributed by atoms with Gasteiger partial charge >= 0.3 is 0 Å². The van der Waals surface area contributed by atoms with Crippen LogP contribution in [0.5, 0.6) is 0 Å². The van der Waals surface area contributed by atoms with Gasteiger partial charge in [0.1, 0.15) is 0 Å². The minimum Gasteiger partial charge on any atom is -0.335 e. The van der Waals surface area contributed by atoms with E-state index in [4.69, 9.17) is 0 Å². The fourth-order valence-electron chi connectivity index (χ4n) is 10.7. The van der Waals surface area contributed by atoms with Crippen LogP contribution in [0.4, 0.5) is 28.4 Å². The molecule has 244 valence electrons. The first-order chi connectivity index (χ1) is 23.4. The molecule has 1 aromatic heterocycles. The average molecular weight is 657 g/mol. The Labute approximate surface area is 295 Å². The summed E-state index contributed by atoms with van der Waals surface area (Å²) in [7, 11) is 0. The molecule has 0 amide bonds. The molecule has 1 fully saturated rings. The number of para-hydroxylation sites is 1. The maximum absolute atomic E-state index is 2.85.